The van der Waals surface area contributed by atoms with Gasteiger partial charge in [-0.25, -0.2) is 8.42 Å². The Bertz CT molecular complexity index is 1080. The van der Waals surface area contributed by atoms with Crippen molar-refractivity contribution in [1.82, 2.24) is 13.8 Å². The lowest BCUT2D eigenvalue weighted by Crippen LogP contribution is -2.48. The molecule has 1 saturated carbocycles. The molecule has 0 atom stereocenters. The van der Waals surface area contributed by atoms with Gasteiger partial charge in [0.25, 0.3) is 0 Å². The number of carbonyl (C=O) groups excluding carboxylic acids is 1. The summed E-state index contributed by atoms with van der Waals surface area (Å²) in [6.07, 6.45) is 6.67. The second kappa shape index (κ2) is 11.3. The number of nitrogens with zero attached hydrogens (tertiary/aromatic N) is 3. The van der Waals surface area contributed by atoms with Crippen molar-refractivity contribution in [1.29, 1.82) is 0 Å². The first kappa shape index (κ1) is 27.5. The van der Waals surface area contributed by atoms with Crippen LogP contribution in [0.15, 0.2) is 47.5 Å². The number of aryl methyl sites for hydroxylation is 1. The Morgan fingerprint density at radius 2 is 1.69 bits per heavy atom. The molecular weight excluding hydrogens is 458 g/mol. The van der Waals surface area contributed by atoms with Gasteiger partial charge in [-0.05, 0) is 54.0 Å². The number of hydrogen-bond acceptors (Lipinski definition) is 3. The topological polar surface area (TPSA) is 62.6 Å². The molecule has 0 spiro atoms. The van der Waals surface area contributed by atoms with Gasteiger partial charge in [0.1, 0.15) is 0 Å². The van der Waals surface area contributed by atoms with Crippen LogP contribution in [0.1, 0.15) is 78.0 Å². The van der Waals surface area contributed by atoms with E-state index in [2.05, 4.69) is 34.6 Å². The maximum atomic E-state index is 13.9. The summed E-state index contributed by atoms with van der Waals surface area (Å²) in [5, 5.41) is 0. The van der Waals surface area contributed by atoms with Crippen LogP contribution in [-0.4, -0.2) is 47.2 Å². The Morgan fingerprint density at radius 1 is 1.06 bits per heavy atom. The van der Waals surface area contributed by atoms with Crippen LogP contribution in [0.5, 0.6) is 0 Å². The number of carbonyl (C=O) groups is 1. The fourth-order valence-electron chi connectivity index (χ4n) is 4.83. The first-order chi connectivity index (χ1) is 16.4. The third kappa shape index (κ3) is 6.98. The molecular formula is C28H43N3O3S. The zero-order valence-corrected chi connectivity index (χ0v) is 23.1. The number of aromatic nitrogens is 1. The van der Waals surface area contributed by atoms with Crippen LogP contribution in [0.4, 0.5) is 0 Å². The predicted molar refractivity (Wildman–Crippen MR) is 142 cm³/mol. The fourth-order valence-corrected chi connectivity index (χ4v) is 6.46. The highest BCUT2D eigenvalue weighted by Gasteiger charge is 2.35. The van der Waals surface area contributed by atoms with Gasteiger partial charge in [0.2, 0.25) is 15.9 Å². The normalized spacial score (nSPS) is 15.7. The molecule has 1 aliphatic carbocycles. The van der Waals surface area contributed by atoms with Gasteiger partial charge in [-0.3, -0.25) is 4.79 Å². The molecule has 1 fully saturated rings. The zero-order chi connectivity index (χ0) is 25.8. The van der Waals surface area contributed by atoms with Gasteiger partial charge >= 0.3 is 0 Å². The van der Waals surface area contributed by atoms with E-state index in [0.717, 1.165) is 43.4 Å². The summed E-state index contributed by atoms with van der Waals surface area (Å²) in [5.41, 5.74) is 2.06. The fraction of sp³-hybridized carbons (Fsp3) is 0.607. The summed E-state index contributed by atoms with van der Waals surface area (Å²) in [6.45, 7) is 11.4. The summed E-state index contributed by atoms with van der Waals surface area (Å²) < 4.78 is 31.3. The second-order valence-electron chi connectivity index (χ2n) is 11.4. The molecule has 35 heavy (non-hydrogen) atoms. The molecule has 7 heteroatoms. The smallest absolute Gasteiger partial charge is 0.243 e. The largest absolute Gasteiger partial charge is 0.353 e. The maximum absolute atomic E-state index is 13.9. The standard InChI is InChI=1S/C28H43N3O3S/c1-22(2)19-30(20-25-13-10-18-29(25)6)27(32)21-31(24-11-8-7-9-12-24)35(33,34)26-16-14-23(15-17-26)28(3,4)5/h10,13-18,22,24H,7-9,11-12,19-21H2,1-6H3. The van der Waals surface area contributed by atoms with Crippen LogP contribution in [-0.2, 0) is 33.8 Å². The van der Waals surface area contributed by atoms with Crippen LogP contribution < -0.4 is 0 Å². The highest BCUT2D eigenvalue weighted by Crippen LogP contribution is 2.30. The number of sulfonamides is 1. The van der Waals surface area contributed by atoms with Crippen molar-refractivity contribution in [2.45, 2.75) is 89.6 Å². The molecule has 6 nitrogen and oxygen atoms in total. The molecule has 1 aliphatic rings. The Kier molecular flexibility index (Phi) is 8.86. The third-order valence-electron chi connectivity index (χ3n) is 6.94. The molecule has 0 saturated heterocycles. The molecule has 0 radical (unpaired) electrons. The first-order valence-electron chi connectivity index (χ1n) is 12.9. The molecule has 1 heterocycles. The monoisotopic (exact) mass is 501 g/mol. The molecule has 0 bridgehead atoms. The van der Waals surface area contributed by atoms with E-state index in [0.29, 0.717) is 13.1 Å². The SMILES string of the molecule is CC(C)CN(Cc1cccn1C)C(=O)CN(C1CCCCC1)S(=O)(=O)c1ccc(C(C)(C)C)cc1. The summed E-state index contributed by atoms with van der Waals surface area (Å²) in [7, 11) is -1.84. The van der Waals surface area contributed by atoms with Gasteiger partial charge in [0.05, 0.1) is 18.0 Å². The van der Waals surface area contributed by atoms with Gasteiger partial charge < -0.3 is 9.47 Å². The lowest BCUT2D eigenvalue weighted by molar-refractivity contribution is -0.133. The third-order valence-corrected chi connectivity index (χ3v) is 8.85. The lowest BCUT2D eigenvalue weighted by atomic mass is 9.87. The van der Waals surface area contributed by atoms with Crippen molar-refractivity contribution in [2.75, 3.05) is 13.1 Å². The summed E-state index contributed by atoms with van der Waals surface area (Å²) in [6, 6.07) is 11.0. The molecule has 3 rings (SSSR count). The van der Waals surface area contributed by atoms with E-state index in [9.17, 15) is 13.2 Å². The van der Waals surface area contributed by atoms with Crippen molar-refractivity contribution in [3.05, 3.63) is 53.9 Å². The minimum atomic E-state index is -3.81. The summed E-state index contributed by atoms with van der Waals surface area (Å²) in [5.74, 6) is 0.143. The van der Waals surface area contributed by atoms with Crippen molar-refractivity contribution in [3.8, 4) is 0 Å². The van der Waals surface area contributed by atoms with Gasteiger partial charge in [-0.15, -0.1) is 0 Å². The Balaban J connectivity index is 1.90. The highest BCUT2D eigenvalue weighted by molar-refractivity contribution is 7.89. The van der Waals surface area contributed by atoms with Gasteiger partial charge in [0.15, 0.2) is 0 Å². The van der Waals surface area contributed by atoms with E-state index in [1.54, 1.807) is 12.1 Å². The van der Waals surface area contributed by atoms with Crippen molar-refractivity contribution in [2.24, 2.45) is 13.0 Å². The van der Waals surface area contributed by atoms with E-state index < -0.39 is 10.0 Å². The number of hydrogen-bond donors (Lipinski definition) is 0. The number of benzene rings is 1. The molecule has 1 amide bonds. The Hall–Kier alpha value is -2.12. The van der Waals surface area contributed by atoms with E-state index in [-0.39, 0.29) is 34.7 Å². The minimum absolute atomic E-state index is 0.0599. The Morgan fingerprint density at radius 3 is 2.20 bits per heavy atom. The van der Waals surface area contributed by atoms with Crippen molar-refractivity contribution in [3.63, 3.8) is 0 Å². The van der Waals surface area contributed by atoms with Crippen molar-refractivity contribution < 1.29 is 13.2 Å². The van der Waals surface area contributed by atoms with E-state index >= 15 is 0 Å². The molecule has 2 aromatic rings. The summed E-state index contributed by atoms with van der Waals surface area (Å²) >= 11 is 0. The second-order valence-corrected chi connectivity index (χ2v) is 13.3. The average Bonchev–Trinajstić information content (AvgIpc) is 3.20. The van der Waals surface area contributed by atoms with Crippen LogP contribution in [0, 0.1) is 5.92 Å². The van der Waals surface area contributed by atoms with Crippen LogP contribution in [0.3, 0.4) is 0 Å². The maximum Gasteiger partial charge on any atom is 0.243 e. The molecule has 0 unspecified atom stereocenters. The number of rotatable bonds is 9. The van der Waals surface area contributed by atoms with Crippen LogP contribution in [0.25, 0.3) is 0 Å². The minimum Gasteiger partial charge on any atom is -0.353 e. The van der Waals surface area contributed by atoms with Gasteiger partial charge in [-0.1, -0.05) is 66.0 Å². The Labute approximate surface area is 212 Å². The van der Waals surface area contributed by atoms with E-state index in [1.807, 2.05) is 47.0 Å². The first-order valence-corrected chi connectivity index (χ1v) is 14.3. The number of amides is 1. The lowest BCUT2D eigenvalue weighted by Gasteiger charge is -2.35. The molecule has 1 aromatic heterocycles. The van der Waals surface area contributed by atoms with Gasteiger partial charge in [-0.2, -0.15) is 4.31 Å². The summed E-state index contributed by atoms with van der Waals surface area (Å²) in [4.78, 5) is 15.7. The molecule has 1 aromatic carbocycles. The van der Waals surface area contributed by atoms with Crippen LogP contribution in [0.2, 0.25) is 0 Å². The zero-order valence-electron chi connectivity index (χ0n) is 22.3. The highest BCUT2D eigenvalue weighted by atomic mass is 32.2. The molecule has 194 valence electrons. The van der Waals surface area contributed by atoms with Crippen molar-refractivity contribution >= 4 is 15.9 Å². The predicted octanol–water partition coefficient (Wildman–Crippen LogP) is 5.33. The average molecular weight is 502 g/mol. The quantitative estimate of drug-likeness (QED) is 0.466. The van der Waals surface area contributed by atoms with E-state index in [1.165, 1.54) is 4.31 Å². The molecule has 0 N–H and O–H groups in total. The van der Waals surface area contributed by atoms with E-state index in [4.69, 9.17) is 0 Å². The molecule has 0 aliphatic heterocycles. The van der Waals surface area contributed by atoms with Gasteiger partial charge in [0, 0.05) is 31.5 Å². The van der Waals surface area contributed by atoms with Crippen LogP contribution >= 0.6 is 0 Å².